The van der Waals surface area contributed by atoms with Crippen molar-refractivity contribution in [3.63, 3.8) is 0 Å². The number of aromatic nitrogens is 1. The van der Waals surface area contributed by atoms with Gasteiger partial charge in [-0.3, -0.25) is 10.1 Å². The molecular weight excluding hydrogens is 648 g/mol. The first-order valence-corrected chi connectivity index (χ1v) is 12.5. The van der Waals surface area contributed by atoms with Crippen molar-refractivity contribution in [2.75, 3.05) is 11.9 Å². The molecule has 1 aromatic carbocycles. The second kappa shape index (κ2) is 10.3. The van der Waals surface area contributed by atoms with Gasteiger partial charge in [0.25, 0.3) is 0 Å². The molecule has 1 aromatic heterocycles. The first kappa shape index (κ1) is 26.6. The Bertz CT molecular complexity index is 1200. The SMILES string of the molecule is CC(C)(C)OC(=O)N1CCC(Nc2c([N+](=O)[O-])c(Cl)nc3c(F)c(Br)c(I)cc23)C[C@H]1CC#N. The average molecular weight is 669 g/mol. The van der Waals surface area contributed by atoms with Gasteiger partial charge in [-0.2, -0.15) is 5.26 Å². The van der Waals surface area contributed by atoms with Crippen LogP contribution in [0.15, 0.2) is 10.5 Å². The van der Waals surface area contributed by atoms with E-state index in [1.165, 1.54) is 4.90 Å². The normalized spacial score (nSPS) is 18.5. The lowest BCUT2D eigenvalue weighted by Gasteiger charge is -2.39. The van der Waals surface area contributed by atoms with E-state index in [2.05, 4.69) is 32.3 Å². The van der Waals surface area contributed by atoms with Crippen LogP contribution < -0.4 is 5.32 Å². The van der Waals surface area contributed by atoms with Gasteiger partial charge in [0.2, 0.25) is 5.15 Å². The van der Waals surface area contributed by atoms with Crippen LogP contribution in [0.2, 0.25) is 5.15 Å². The predicted octanol–water partition coefficient (Wildman–Crippen LogP) is 6.40. The number of hydrogen-bond donors (Lipinski definition) is 1. The maximum Gasteiger partial charge on any atom is 0.410 e. The molecular formula is C21H21BrClFIN5O4. The largest absolute Gasteiger partial charge is 0.444 e. The average Bonchev–Trinajstić information content (AvgIpc) is 2.72. The quantitative estimate of drug-likeness (QED) is 0.132. The highest BCUT2D eigenvalue weighted by Crippen LogP contribution is 2.42. The van der Waals surface area contributed by atoms with E-state index >= 15 is 0 Å². The summed E-state index contributed by atoms with van der Waals surface area (Å²) in [6, 6.07) is 2.87. The lowest BCUT2D eigenvalue weighted by molar-refractivity contribution is -0.384. The van der Waals surface area contributed by atoms with Crippen molar-refractivity contribution < 1.29 is 18.8 Å². The minimum atomic E-state index is -0.688. The van der Waals surface area contributed by atoms with Gasteiger partial charge in [-0.1, -0.05) is 11.6 Å². The van der Waals surface area contributed by atoms with Crippen LogP contribution in [-0.4, -0.2) is 45.1 Å². The molecule has 13 heteroatoms. The Balaban J connectivity index is 1.99. The Morgan fingerprint density at radius 2 is 2.24 bits per heavy atom. The van der Waals surface area contributed by atoms with Crippen molar-refractivity contribution in [1.29, 1.82) is 5.26 Å². The number of fused-ring (bicyclic) bond motifs is 1. The Kier molecular flexibility index (Phi) is 8.09. The Morgan fingerprint density at radius 3 is 2.82 bits per heavy atom. The molecule has 2 aromatic rings. The number of nitriles is 1. The number of pyridine rings is 1. The molecule has 3 rings (SSSR count). The molecule has 2 atom stereocenters. The van der Waals surface area contributed by atoms with Gasteiger partial charge < -0.3 is 15.0 Å². The molecule has 2 heterocycles. The third-order valence-corrected chi connectivity index (χ3v) is 7.88. The topological polar surface area (TPSA) is 121 Å². The number of benzene rings is 1. The number of nitrogens with zero attached hydrogens (tertiary/aromatic N) is 4. The zero-order valence-corrected chi connectivity index (χ0v) is 23.0. The lowest BCUT2D eigenvalue weighted by atomic mass is 9.95. The van der Waals surface area contributed by atoms with Crippen molar-refractivity contribution >= 4 is 78.5 Å². The van der Waals surface area contributed by atoms with Gasteiger partial charge in [0.15, 0.2) is 5.82 Å². The zero-order valence-electron chi connectivity index (χ0n) is 18.5. The first-order valence-electron chi connectivity index (χ1n) is 10.3. The predicted molar refractivity (Wildman–Crippen MR) is 137 cm³/mol. The Labute approximate surface area is 222 Å². The summed E-state index contributed by atoms with van der Waals surface area (Å²) in [4.78, 5) is 29.3. The molecule has 1 fully saturated rings. The fourth-order valence-electron chi connectivity index (χ4n) is 3.83. The van der Waals surface area contributed by atoms with Crippen LogP contribution >= 0.6 is 50.1 Å². The number of carbonyl (C=O) groups is 1. The fourth-order valence-corrected chi connectivity index (χ4v) is 4.92. The molecule has 0 spiro atoms. The molecule has 34 heavy (non-hydrogen) atoms. The molecule has 9 nitrogen and oxygen atoms in total. The smallest absolute Gasteiger partial charge is 0.410 e. The van der Waals surface area contributed by atoms with Crippen LogP contribution in [0.3, 0.4) is 0 Å². The maximum absolute atomic E-state index is 14.9. The lowest BCUT2D eigenvalue weighted by Crippen LogP contribution is -2.50. The summed E-state index contributed by atoms with van der Waals surface area (Å²) in [7, 11) is 0. The molecule has 0 bridgehead atoms. The van der Waals surface area contributed by atoms with Gasteiger partial charge in [-0.25, -0.2) is 14.2 Å². The Hall–Kier alpha value is -1.98. The highest BCUT2D eigenvalue weighted by Gasteiger charge is 2.36. The van der Waals surface area contributed by atoms with Crippen molar-refractivity contribution in [2.24, 2.45) is 0 Å². The minimum Gasteiger partial charge on any atom is -0.444 e. The fraction of sp³-hybridized carbons (Fsp3) is 0.476. The number of halogens is 4. The van der Waals surface area contributed by atoms with Crippen LogP contribution in [0.1, 0.15) is 40.0 Å². The number of rotatable bonds is 4. The van der Waals surface area contributed by atoms with Crippen molar-refractivity contribution in [3.05, 3.63) is 35.2 Å². The van der Waals surface area contributed by atoms with Crippen LogP contribution in [-0.2, 0) is 4.74 Å². The standard InChI is InChI=1S/C21H21BrClFIN5O4/c1-21(2,3)34-20(31)29-7-5-10(8-11(29)4-6-26)27-17-12-9-13(25)14(22)15(24)16(12)28-19(23)18(17)30(32)33/h9-11H,4-5,7-8H2,1-3H3,(H,27,28)/t10?,11-/m1/s1. The number of ether oxygens (including phenoxy) is 1. The summed E-state index contributed by atoms with van der Waals surface area (Å²) >= 11 is 11.2. The molecule has 0 aliphatic carbocycles. The van der Waals surface area contributed by atoms with Crippen molar-refractivity contribution in [2.45, 2.75) is 57.7 Å². The summed E-state index contributed by atoms with van der Waals surface area (Å²) in [5.74, 6) is -0.677. The second-order valence-electron chi connectivity index (χ2n) is 8.82. The summed E-state index contributed by atoms with van der Waals surface area (Å²) in [6.07, 6.45) is 0.310. The number of likely N-dealkylation sites (tertiary alicyclic amines) is 1. The van der Waals surface area contributed by atoms with Gasteiger partial charge >= 0.3 is 11.8 Å². The molecule has 1 saturated heterocycles. The number of nitro groups is 1. The number of amides is 1. The van der Waals surface area contributed by atoms with Crippen LogP contribution in [0.4, 0.5) is 20.6 Å². The number of hydrogen-bond acceptors (Lipinski definition) is 7. The summed E-state index contributed by atoms with van der Waals surface area (Å²) in [6.45, 7) is 5.55. The number of carbonyl (C=O) groups excluding carboxylic acids is 1. The van der Waals surface area contributed by atoms with E-state index in [4.69, 9.17) is 16.3 Å². The van der Waals surface area contributed by atoms with Gasteiger partial charge in [-0.05, 0) is 78.2 Å². The minimum absolute atomic E-state index is 0.0516. The number of nitrogens with one attached hydrogen (secondary N) is 1. The molecule has 1 N–H and O–H groups in total. The van der Waals surface area contributed by atoms with Crippen molar-refractivity contribution in [3.8, 4) is 6.07 Å². The maximum atomic E-state index is 14.9. The van der Waals surface area contributed by atoms with E-state index in [1.807, 2.05) is 22.6 Å². The number of piperidine rings is 1. The third-order valence-electron chi connectivity index (χ3n) is 5.25. The second-order valence-corrected chi connectivity index (χ2v) is 11.1. The summed E-state index contributed by atoms with van der Waals surface area (Å²) in [5, 5.41) is 24.0. The van der Waals surface area contributed by atoms with E-state index in [0.717, 1.165) is 0 Å². The van der Waals surface area contributed by atoms with E-state index < -0.39 is 39.3 Å². The summed E-state index contributed by atoms with van der Waals surface area (Å²) in [5.41, 5.74) is -1.20. The van der Waals surface area contributed by atoms with E-state index in [9.17, 15) is 24.6 Å². The van der Waals surface area contributed by atoms with Crippen LogP contribution in [0, 0.1) is 30.8 Å². The van der Waals surface area contributed by atoms with Crippen LogP contribution in [0.25, 0.3) is 10.9 Å². The molecule has 1 amide bonds. The first-order chi connectivity index (χ1) is 15.8. The third kappa shape index (κ3) is 5.63. The molecule has 182 valence electrons. The van der Waals surface area contributed by atoms with E-state index in [1.54, 1.807) is 26.8 Å². The monoisotopic (exact) mass is 667 g/mol. The molecule has 0 saturated carbocycles. The van der Waals surface area contributed by atoms with Crippen molar-refractivity contribution in [1.82, 2.24) is 9.88 Å². The summed E-state index contributed by atoms with van der Waals surface area (Å²) < 4.78 is 21.1. The highest BCUT2D eigenvalue weighted by molar-refractivity contribution is 14.1. The molecule has 1 aliphatic heterocycles. The molecule has 0 radical (unpaired) electrons. The van der Waals surface area contributed by atoms with Gasteiger partial charge in [0, 0.05) is 27.6 Å². The van der Waals surface area contributed by atoms with E-state index in [0.29, 0.717) is 16.4 Å². The molecule has 1 unspecified atom stereocenters. The zero-order chi connectivity index (χ0) is 25.4. The van der Waals surface area contributed by atoms with E-state index in [-0.39, 0.29) is 40.1 Å². The van der Waals surface area contributed by atoms with Crippen LogP contribution in [0.5, 0.6) is 0 Å². The van der Waals surface area contributed by atoms with Gasteiger partial charge in [-0.15, -0.1) is 0 Å². The highest BCUT2D eigenvalue weighted by atomic mass is 127. The number of anilines is 1. The van der Waals surface area contributed by atoms with Gasteiger partial charge in [0.1, 0.15) is 16.8 Å². The molecule has 1 aliphatic rings. The Morgan fingerprint density at radius 1 is 1.56 bits per heavy atom. The van der Waals surface area contributed by atoms with Gasteiger partial charge in [0.05, 0.1) is 21.9 Å².